The molecule has 3 saturated heterocycles. The van der Waals surface area contributed by atoms with E-state index in [0.717, 1.165) is 22.3 Å². The molecule has 11 heteroatoms. The van der Waals surface area contributed by atoms with Crippen molar-refractivity contribution in [2.75, 3.05) is 13.1 Å². The number of carbonyl (C=O) groups excluding carboxylic acids is 4. The van der Waals surface area contributed by atoms with Crippen LogP contribution in [0.25, 0.3) is 0 Å². The van der Waals surface area contributed by atoms with E-state index in [1.807, 2.05) is 128 Å². The van der Waals surface area contributed by atoms with E-state index in [4.69, 9.17) is 4.74 Å². The van der Waals surface area contributed by atoms with Gasteiger partial charge >= 0.3 is 12.0 Å². The van der Waals surface area contributed by atoms with Gasteiger partial charge in [0.15, 0.2) is 6.10 Å². The van der Waals surface area contributed by atoms with Crippen LogP contribution in [0.15, 0.2) is 126 Å². The number of ether oxygens (including phenoxy) is 1. The summed E-state index contributed by atoms with van der Waals surface area (Å²) in [7, 11) is 0. The number of nitrogens with one attached hydrogen (secondary N) is 1. The molecule has 0 aliphatic carbocycles. The molecule has 49 heavy (non-hydrogen) atoms. The molecule has 3 fully saturated rings. The molecule has 3 aliphatic rings. The normalized spacial score (nSPS) is 23.1. The Morgan fingerprint density at radius 3 is 2.08 bits per heavy atom. The summed E-state index contributed by atoms with van der Waals surface area (Å²) in [5, 5.41) is 8.17. The van der Waals surface area contributed by atoms with E-state index in [9.17, 15) is 19.2 Å². The first-order valence-corrected chi connectivity index (χ1v) is 17.0. The fourth-order valence-corrected chi connectivity index (χ4v) is 8.11. The van der Waals surface area contributed by atoms with E-state index in [-0.39, 0.29) is 37.4 Å². The van der Waals surface area contributed by atoms with Crippen LogP contribution in [-0.2, 0) is 25.5 Å². The third-order valence-electron chi connectivity index (χ3n) is 8.97. The summed E-state index contributed by atoms with van der Waals surface area (Å²) < 4.78 is 6.39. The van der Waals surface area contributed by atoms with Crippen LogP contribution in [0, 0.1) is 0 Å². The zero-order chi connectivity index (χ0) is 34.0. The third-order valence-corrected chi connectivity index (χ3v) is 10.6. The van der Waals surface area contributed by atoms with Gasteiger partial charge in [0, 0.05) is 6.54 Å². The summed E-state index contributed by atoms with van der Waals surface area (Å²) in [4.78, 5) is 56.9. The largest absolute Gasteiger partial charge is 0.450 e. The Morgan fingerprint density at radius 1 is 0.898 bits per heavy atom. The SMILES string of the molecule is C[C@H]1CN([C@]2(C(=O)OC(c3ccccc3)c3ccccc3)CN3C(=O)[C@@H](NC(=O)Cc4ccccc4)[C@H]3S2)C(=O)N1/N=C/c1ccccc1. The molecule has 0 bridgehead atoms. The molecule has 0 radical (unpaired) electrons. The Labute approximate surface area is 288 Å². The van der Waals surface area contributed by atoms with Crippen molar-refractivity contribution in [3.05, 3.63) is 144 Å². The Bertz CT molecular complexity index is 1820. The van der Waals surface area contributed by atoms with Gasteiger partial charge in [-0.3, -0.25) is 14.5 Å². The molecule has 4 aromatic rings. The zero-order valence-electron chi connectivity index (χ0n) is 26.8. The summed E-state index contributed by atoms with van der Waals surface area (Å²) in [6.45, 7) is 1.95. The van der Waals surface area contributed by atoms with Gasteiger partial charge < -0.3 is 15.0 Å². The lowest BCUT2D eigenvalue weighted by Crippen LogP contribution is -2.67. The predicted molar refractivity (Wildman–Crippen MR) is 186 cm³/mol. The molecule has 4 aromatic carbocycles. The highest BCUT2D eigenvalue weighted by atomic mass is 32.2. The zero-order valence-corrected chi connectivity index (χ0v) is 27.6. The number of urea groups is 1. The fraction of sp³-hybridized carbons (Fsp3) is 0.237. The van der Waals surface area contributed by atoms with Crippen LogP contribution >= 0.6 is 11.8 Å². The van der Waals surface area contributed by atoms with Gasteiger partial charge in [-0.05, 0) is 29.2 Å². The highest BCUT2D eigenvalue weighted by molar-refractivity contribution is 8.02. The van der Waals surface area contributed by atoms with Crippen LogP contribution < -0.4 is 5.32 Å². The molecule has 0 saturated carbocycles. The number of esters is 1. The fourth-order valence-electron chi connectivity index (χ4n) is 6.45. The first kappa shape index (κ1) is 32.1. The van der Waals surface area contributed by atoms with E-state index in [1.54, 1.807) is 11.1 Å². The Kier molecular flexibility index (Phi) is 8.92. The number of hydrogen-bond acceptors (Lipinski definition) is 7. The average Bonchev–Trinajstić information content (AvgIpc) is 3.65. The molecule has 1 N–H and O–H groups in total. The van der Waals surface area contributed by atoms with Crippen molar-refractivity contribution in [3.63, 3.8) is 0 Å². The number of thioether (sulfide) groups is 1. The van der Waals surface area contributed by atoms with Crippen molar-refractivity contribution in [1.82, 2.24) is 20.1 Å². The van der Waals surface area contributed by atoms with Gasteiger partial charge in [-0.15, -0.1) is 0 Å². The summed E-state index contributed by atoms with van der Waals surface area (Å²) in [6.07, 6.45) is 0.960. The molecule has 4 amide bonds. The van der Waals surface area contributed by atoms with Gasteiger partial charge in [0.1, 0.15) is 11.4 Å². The average molecular weight is 674 g/mol. The Balaban J connectivity index is 1.19. The number of benzene rings is 4. The highest BCUT2D eigenvalue weighted by Gasteiger charge is 2.67. The smallest absolute Gasteiger partial charge is 0.345 e. The summed E-state index contributed by atoms with van der Waals surface area (Å²) >= 11 is 1.17. The number of nitrogens with zero attached hydrogens (tertiary/aromatic N) is 4. The van der Waals surface area contributed by atoms with Crippen LogP contribution in [0.4, 0.5) is 4.79 Å². The molecule has 4 atom stereocenters. The van der Waals surface area contributed by atoms with Gasteiger partial charge in [-0.2, -0.15) is 5.10 Å². The van der Waals surface area contributed by atoms with E-state index in [2.05, 4.69) is 10.4 Å². The molecule has 0 spiro atoms. The number of hydrazone groups is 1. The number of fused-ring (bicyclic) bond motifs is 1. The van der Waals surface area contributed by atoms with Gasteiger partial charge in [0.2, 0.25) is 16.7 Å². The minimum absolute atomic E-state index is 0.0872. The second-order valence-corrected chi connectivity index (χ2v) is 13.7. The van der Waals surface area contributed by atoms with Crippen LogP contribution in [-0.4, -0.2) is 80.3 Å². The molecule has 3 aliphatic heterocycles. The molecule has 3 heterocycles. The lowest BCUT2D eigenvalue weighted by molar-refractivity contribution is -0.157. The number of hydrogen-bond donors (Lipinski definition) is 1. The summed E-state index contributed by atoms with van der Waals surface area (Å²) in [5.41, 5.74) is 3.17. The van der Waals surface area contributed by atoms with Gasteiger partial charge in [-0.1, -0.05) is 133 Å². The summed E-state index contributed by atoms with van der Waals surface area (Å²) in [5.74, 6) is -1.26. The van der Waals surface area contributed by atoms with Crippen molar-refractivity contribution < 1.29 is 23.9 Å². The molecular formula is C38H35N5O5S. The molecular weight excluding hydrogens is 639 g/mol. The predicted octanol–water partition coefficient (Wildman–Crippen LogP) is 4.82. The van der Waals surface area contributed by atoms with Crippen molar-refractivity contribution >= 4 is 41.8 Å². The van der Waals surface area contributed by atoms with E-state index >= 15 is 0 Å². The minimum Gasteiger partial charge on any atom is -0.450 e. The van der Waals surface area contributed by atoms with Crippen LogP contribution in [0.3, 0.4) is 0 Å². The lowest BCUT2D eigenvalue weighted by atomic mass is 10.0. The van der Waals surface area contributed by atoms with E-state index in [1.165, 1.54) is 21.7 Å². The molecule has 10 nitrogen and oxygen atoms in total. The Hall–Kier alpha value is -5.42. The van der Waals surface area contributed by atoms with Crippen LogP contribution in [0.5, 0.6) is 0 Å². The van der Waals surface area contributed by atoms with E-state index < -0.39 is 34.4 Å². The number of rotatable bonds is 10. The van der Waals surface area contributed by atoms with E-state index in [0.29, 0.717) is 0 Å². The first-order valence-electron chi connectivity index (χ1n) is 16.2. The second kappa shape index (κ2) is 13.6. The van der Waals surface area contributed by atoms with Gasteiger partial charge in [-0.25, -0.2) is 14.6 Å². The van der Waals surface area contributed by atoms with Crippen molar-refractivity contribution in [1.29, 1.82) is 0 Å². The van der Waals surface area contributed by atoms with Crippen LogP contribution in [0.2, 0.25) is 0 Å². The van der Waals surface area contributed by atoms with Gasteiger partial charge in [0.05, 0.1) is 25.2 Å². The maximum Gasteiger partial charge on any atom is 0.345 e. The first-order chi connectivity index (χ1) is 23.8. The van der Waals surface area contributed by atoms with Crippen molar-refractivity contribution in [2.24, 2.45) is 5.10 Å². The Morgan fingerprint density at radius 2 is 1.47 bits per heavy atom. The van der Waals surface area contributed by atoms with Gasteiger partial charge in [0.25, 0.3) is 0 Å². The molecule has 7 rings (SSSR count). The van der Waals surface area contributed by atoms with Crippen molar-refractivity contribution in [2.45, 2.75) is 41.8 Å². The summed E-state index contributed by atoms with van der Waals surface area (Å²) in [6, 6.07) is 35.8. The van der Waals surface area contributed by atoms with Crippen LogP contribution in [0.1, 0.15) is 35.3 Å². The molecule has 0 aromatic heterocycles. The molecule has 248 valence electrons. The lowest BCUT2D eigenvalue weighted by Gasteiger charge is -2.41. The van der Waals surface area contributed by atoms with Crippen molar-refractivity contribution in [3.8, 4) is 0 Å². The number of β-lactam (4-membered cyclic amide) rings is 1. The quantitative estimate of drug-likeness (QED) is 0.147. The number of amides is 4. The standard InChI is InChI=1S/C38H35N5O5S/c1-26-24-42(37(47)43(26)39-23-28-16-8-3-9-17-28)38(36(46)48-33(29-18-10-4-11-19-29)30-20-12-5-13-21-30)25-41-34(45)32(35(41)49-38)40-31(44)22-27-14-6-2-7-15-27/h2-21,23,26,32-33,35H,22,24-25H2,1H3,(H,40,44)/b39-23+/t26-,32+,35+,38+/m0/s1. The molecule has 0 unspecified atom stereocenters. The maximum atomic E-state index is 14.7. The minimum atomic E-state index is -1.59. The second-order valence-electron chi connectivity index (χ2n) is 12.3. The maximum absolute atomic E-state index is 14.7. The number of carbonyl (C=O) groups is 4. The highest BCUT2D eigenvalue weighted by Crippen LogP contribution is 2.51. The third kappa shape index (κ3) is 6.29. The topological polar surface area (TPSA) is 112 Å². The monoisotopic (exact) mass is 673 g/mol.